The Balaban J connectivity index is 1.45. The van der Waals surface area contributed by atoms with Gasteiger partial charge in [-0.1, -0.05) is 30.3 Å². The Morgan fingerprint density at radius 1 is 1.07 bits per heavy atom. The molecule has 1 aromatic heterocycles. The van der Waals surface area contributed by atoms with Crippen molar-refractivity contribution in [2.75, 3.05) is 19.6 Å². The normalized spacial score (nSPS) is 17.7. The van der Waals surface area contributed by atoms with Gasteiger partial charge in [-0.2, -0.15) is 9.40 Å². The van der Waals surface area contributed by atoms with Gasteiger partial charge in [0.15, 0.2) is 0 Å². The summed E-state index contributed by atoms with van der Waals surface area (Å²) in [5.74, 6) is 0.185. The summed E-state index contributed by atoms with van der Waals surface area (Å²) < 4.78 is 29.4. The minimum atomic E-state index is -3.41. The summed E-state index contributed by atoms with van der Waals surface area (Å²) >= 11 is 0. The maximum Gasteiger partial charge on any atom is 0.222 e. The average molecular weight is 431 g/mol. The minimum Gasteiger partial charge on any atom is -0.343 e. The smallest absolute Gasteiger partial charge is 0.222 e. The molecule has 3 heterocycles. The molecule has 30 heavy (non-hydrogen) atoms. The van der Waals surface area contributed by atoms with E-state index in [1.54, 1.807) is 4.31 Å². The molecule has 0 saturated carbocycles. The zero-order valence-electron chi connectivity index (χ0n) is 17.6. The van der Waals surface area contributed by atoms with Crippen LogP contribution in [0.2, 0.25) is 0 Å². The van der Waals surface area contributed by atoms with Gasteiger partial charge in [0.1, 0.15) is 0 Å². The van der Waals surface area contributed by atoms with Crippen molar-refractivity contribution in [3.63, 3.8) is 0 Å². The van der Waals surface area contributed by atoms with Crippen LogP contribution in [0.3, 0.4) is 0 Å². The van der Waals surface area contributed by atoms with Crippen LogP contribution in [0.15, 0.2) is 30.3 Å². The first-order chi connectivity index (χ1) is 14.4. The van der Waals surface area contributed by atoms with Crippen LogP contribution in [0.5, 0.6) is 0 Å². The summed E-state index contributed by atoms with van der Waals surface area (Å²) in [5, 5.41) is 4.63. The lowest BCUT2D eigenvalue weighted by atomic mass is 10.0. The molecule has 1 amide bonds. The van der Waals surface area contributed by atoms with Crippen molar-refractivity contribution in [3.05, 3.63) is 52.8 Å². The fourth-order valence-corrected chi connectivity index (χ4v) is 5.98. The molecule has 1 aromatic carbocycles. The largest absolute Gasteiger partial charge is 0.343 e. The highest BCUT2D eigenvalue weighted by molar-refractivity contribution is 7.88. The number of nitrogens with zero attached hydrogens (tertiary/aromatic N) is 4. The maximum atomic E-state index is 13.0. The van der Waals surface area contributed by atoms with E-state index in [1.807, 2.05) is 47.0 Å². The molecule has 2 aliphatic rings. The van der Waals surface area contributed by atoms with Crippen LogP contribution in [0.1, 0.15) is 48.2 Å². The van der Waals surface area contributed by atoms with Crippen molar-refractivity contribution in [3.8, 4) is 0 Å². The Bertz CT molecular complexity index is 995. The van der Waals surface area contributed by atoms with Crippen molar-refractivity contribution in [1.29, 1.82) is 0 Å². The molecule has 2 aromatic rings. The van der Waals surface area contributed by atoms with E-state index in [9.17, 15) is 13.2 Å². The third-order valence-electron chi connectivity index (χ3n) is 6.16. The van der Waals surface area contributed by atoms with Crippen molar-refractivity contribution in [2.45, 2.75) is 50.8 Å². The topological polar surface area (TPSA) is 75.5 Å². The SMILES string of the molecule is Cn1nc(CCC(=O)N2CCCCC2)c2c1CCN(S(=O)(=O)Cc1ccccc1)C2. The van der Waals surface area contributed by atoms with Crippen molar-refractivity contribution in [1.82, 2.24) is 19.0 Å². The zero-order chi connectivity index (χ0) is 21.1. The highest BCUT2D eigenvalue weighted by Gasteiger charge is 2.31. The number of aryl methyl sites for hydroxylation is 2. The van der Waals surface area contributed by atoms with E-state index in [4.69, 9.17) is 0 Å². The molecule has 0 spiro atoms. The third kappa shape index (κ3) is 4.59. The second-order valence-electron chi connectivity index (χ2n) is 8.26. The van der Waals surface area contributed by atoms with Gasteiger partial charge in [-0.3, -0.25) is 9.48 Å². The predicted octanol–water partition coefficient (Wildman–Crippen LogP) is 2.25. The van der Waals surface area contributed by atoms with Crippen LogP contribution in [-0.4, -0.2) is 52.9 Å². The first kappa shape index (κ1) is 21.1. The van der Waals surface area contributed by atoms with Crippen molar-refractivity contribution >= 4 is 15.9 Å². The lowest BCUT2D eigenvalue weighted by Gasteiger charge is -2.27. The Kier molecular flexibility index (Phi) is 6.24. The molecule has 162 valence electrons. The number of rotatable bonds is 6. The van der Waals surface area contributed by atoms with Crippen LogP contribution in [0.4, 0.5) is 0 Å². The van der Waals surface area contributed by atoms with E-state index in [-0.39, 0.29) is 11.7 Å². The zero-order valence-corrected chi connectivity index (χ0v) is 18.4. The van der Waals surface area contributed by atoms with Gasteiger partial charge in [-0.05, 0) is 24.8 Å². The summed E-state index contributed by atoms with van der Waals surface area (Å²) in [5.41, 5.74) is 3.72. The van der Waals surface area contributed by atoms with E-state index in [0.717, 1.165) is 48.4 Å². The quantitative estimate of drug-likeness (QED) is 0.704. The lowest BCUT2D eigenvalue weighted by molar-refractivity contribution is -0.132. The molecular weight excluding hydrogens is 400 g/mol. The van der Waals surface area contributed by atoms with Gasteiger partial charge in [0.25, 0.3) is 0 Å². The number of likely N-dealkylation sites (tertiary alicyclic amines) is 1. The number of carbonyl (C=O) groups is 1. The monoisotopic (exact) mass is 430 g/mol. The van der Waals surface area contributed by atoms with E-state index in [2.05, 4.69) is 5.10 Å². The van der Waals surface area contributed by atoms with Gasteiger partial charge in [0, 0.05) is 63.7 Å². The summed E-state index contributed by atoms with van der Waals surface area (Å²) in [4.78, 5) is 14.5. The van der Waals surface area contributed by atoms with E-state index < -0.39 is 10.0 Å². The number of sulfonamides is 1. The highest BCUT2D eigenvalue weighted by atomic mass is 32.2. The Labute approximate surface area is 178 Å². The minimum absolute atomic E-state index is 0.00617. The molecule has 2 aliphatic heterocycles. The summed E-state index contributed by atoms with van der Waals surface area (Å²) in [6, 6.07) is 9.29. The van der Waals surface area contributed by atoms with Crippen LogP contribution in [0, 0.1) is 0 Å². The second-order valence-corrected chi connectivity index (χ2v) is 10.2. The second kappa shape index (κ2) is 8.89. The Morgan fingerprint density at radius 3 is 2.53 bits per heavy atom. The molecular formula is C22H30N4O3S. The van der Waals surface area contributed by atoms with E-state index in [0.29, 0.717) is 32.4 Å². The molecule has 1 fully saturated rings. The van der Waals surface area contributed by atoms with Crippen molar-refractivity contribution < 1.29 is 13.2 Å². The highest BCUT2D eigenvalue weighted by Crippen LogP contribution is 2.26. The molecule has 8 heteroatoms. The fourth-order valence-electron chi connectivity index (χ4n) is 4.49. The summed E-state index contributed by atoms with van der Waals surface area (Å²) in [7, 11) is -1.51. The van der Waals surface area contributed by atoms with Gasteiger partial charge in [0.05, 0.1) is 11.4 Å². The van der Waals surface area contributed by atoms with Crippen LogP contribution in [-0.2, 0) is 47.0 Å². The number of carbonyl (C=O) groups excluding carboxylic acids is 1. The van der Waals surface area contributed by atoms with Gasteiger partial charge in [-0.15, -0.1) is 0 Å². The first-order valence-electron chi connectivity index (χ1n) is 10.8. The lowest BCUT2D eigenvalue weighted by Crippen LogP contribution is -2.37. The first-order valence-corrected chi connectivity index (χ1v) is 12.4. The summed E-state index contributed by atoms with van der Waals surface area (Å²) in [6.45, 7) is 2.51. The number of amides is 1. The number of hydrogen-bond acceptors (Lipinski definition) is 4. The molecule has 0 radical (unpaired) electrons. The molecule has 0 unspecified atom stereocenters. The number of fused-ring (bicyclic) bond motifs is 1. The molecule has 7 nitrogen and oxygen atoms in total. The maximum absolute atomic E-state index is 13.0. The standard InChI is InChI=1S/C22H30N4O3S/c1-24-21-12-15-26(30(28,29)17-18-8-4-2-5-9-18)16-19(21)20(23-24)10-11-22(27)25-13-6-3-7-14-25/h2,4-5,8-9H,3,6-7,10-17H2,1H3. The van der Waals surface area contributed by atoms with Crippen LogP contribution >= 0.6 is 0 Å². The Morgan fingerprint density at radius 2 is 1.80 bits per heavy atom. The van der Waals surface area contributed by atoms with Crippen molar-refractivity contribution in [2.24, 2.45) is 7.05 Å². The van der Waals surface area contributed by atoms with Crippen LogP contribution < -0.4 is 0 Å². The third-order valence-corrected chi connectivity index (χ3v) is 7.96. The molecule has 0 bridgehead atoms. The summed E-state index contributed by atoms with van der Waals surface area (Å²) in [6.07, 6.45) is 5.00. The van der Waals surface area contributed by atoms with Crippen LogP contribution in [0.25, 0.3) is 0 Å². The molecule has 0 atom stereocenters. The number of hydrogen-bond donors (Lipinski definition) is 0. The van der Waals surface area contributed by atoms with Gasteiger partial charge in [0.2, 0.25) is 15.9 Å². The Hall–Kier alpha value is -2.19. The molecule has 4 rings (SSSR count). The van der Waals surface area contributed by atoms with Gasteiger partial charge >= 0.3 is 0 Å². The van der Waals surface area contributed by atoms with E-state index in [1.165, 1.54) is 6.42 Å². The number of aromatic nitrogens is 2. The fraction of sp³-hybridized carbons (Fsp3) is 0.545. The van der Waals surface area contributed by atoms with Gasteiger partial charge < -0.3 is 4.90 Å². The predicted molar refractivity (Wildman–Crippen MR) is 115 cm³/mol. The van der Waals surface area contributed by atoms with E-state index >= 15 is 0 Å². The average Bonchev–Trinajstić information content (AvgIpc) is 3.08. The number of piperidine rings is 1. The molecule has 0 N–H and O–H groups in total. The molecule has 0 aliphatic carbocycles. The molecule has 1 saturated heterocycles. The van der Waals surface area contributed by atoms with Gasteiger partial charge in [-0.25, -0.2) is 8.42 Å². The number of benzene rings is 1.